The Morgan fingerprint density at radius 1 is 1.00 bits per heavy atom. The number of carbonyl (C=O) groups excluding carboxylic acids is 2. The highest BCUT2D eigenvalue weighted by atomic mass is 35.5. The highest BCUT2D eigenvalue weighted by Crippen LogP contribution is 2.30. The number of amides is 2. The van der Waals surface area contributed by atoms with Crippen LogP contribution in [0.5, 0.6) is 0 Å². The van der Waals surface area contributed by atoms with E-state index in [-0.39, 0.29) is 11.8 Å². The maximum atomic E-state index is 13.2. The first kappa shape index (κ1) is 28.6. The molecule has 0 saturated carbocycles. The van der Waals surface area contributed by atoms with Gasteiger partial charge in [-0.25, -0.2) is 0 Å². The summed E-state index contributed by atoms with van der Waals surface area (Å²) in [6.07, 6.45) is 0.437. The van der Waals surface area contributed by atoms with E-state index in [1.54, 1.807) is 42.5 Å². The van der Waals surface area contributed by atoms with E-state index in [0.717, 1.165) is 36.3 Å². The number of hydrogen-bond acceptors (Lipinski definition) is 5. The Bertz CT molecular complexity index is 1470. The van der Waals surface area contributed by atoms with Gasteiger partial charge in [0.25, 0.3) is 5.91 Å². The summed E-state index contributed by atoms with van der Waals surface area (Å²) < 4.78 is 0. The average molecular weight is 568 g/mol. The number of fused-ring (bicyclic) bond motifs is 1. The van der Waals surface area contributed by atoms with Gasteiger partial charge in [0.15, 0.2) is 5.82 Å². The summed E-state index contributed by atoms with van der Waals surface area (Å²) in [5, 5.41) is 14.5. The Morgan fingerprint density at radius 2 is 1.79 bits per heavy atom. The summed E-state index contributed by atoms with van der Waals surface area (Å²) in [6, 6.07) is 18.1. The SMILES string of the molecule is CCN(CC)Cc1cccc(C(=O)Nc2n[nH]c3ccc(NC(=O)C(CCN)c4ccc(Cl)c(Cl)c4)cc23)c1. The van der Waals surface area contributed by atoms with Crippen LogP contribution in [-0.2, 0) is 11.3 Å². The first-order valence-corrected chi connectivity index (χ1v) is 13.6. The van der Waals surface area contributed by atoms with Gasteiger partial charge in [0.2, 0.25) is 5.91 Å². The Balaban J connectivity index is 1.52. The maximum Gasteiger partial charge on any atom is 0.256 e. The number of H-pyrrole nitrogens is 1. The standard InChI is InChI=1S/C29H32Cl2N6O2/c1-3-37(4-2)17-18-6-5-7-20(14-18)28(38)34-27-23-16-21(9-11-26(23)35-36-27)33-29(39)22(12-13-32)19-8-10-24(30)25(31)15-19/h5-11,14-16,22H,3-4,12-13,17,32H2,1-2H3,(H,33,39)(H2,34,35,36,38). The Kier molecular flexibility index (Phi) is 9.59. The van der Waals surface area contributed by atoms with Gasteiger partial charge in [-0.2, -0.15) is 5.10 Å². The summed E-state index contributed by atoms with van der Waals surface area (Å²) in [5.41, 5.74) is 9.42. The molecule has 0 spiro atoms. The molecule has 4 rings (SSSR count). The average Bonchev–Trinajstić information content (AvgIpc) is 3.33. The van der Waals surface area contributed by atoms with E-state index in [1.807, 2.05) is 18.2 Å². The lowest BCUT2D eigenvalue weighted by Gasteiger charge is -2.18. The van der Waals surface area contributed by atoms with Crippen LogP contribution in [0.4, 0.5) is 11.5 Å². The monoisotopic (exact) mass is 566 g/mol. The van der Waals surface area contributed by atoms with Crippen LogP contribution in [0.15, 0.2) is 60.7 Å². The zero-order valence-electron chi connectivity index (χ0n) is 21.9. The summed E-state index contributed by atoms with van der Waals surface area (Å²) in [4.78, 5) is 28.6. The second kappa shape index (κ2) is 13.1. The Morgan fingerprint density at radius 3 is 2.51 bits per heavy atom. The van der Waals surface area contributed by atoms with Crippen molar-refractivity contribution in [1.29, 1.82) is 0 Å². The number of halogens is 2. The molecule has 1 unspecified atom stereocenters. The minimum atomic E-state index is -0.507. The smallest absolute Gasteiger partial charge is 0.256 e. The van der Waals surface area contributed by atoms with Crippen molar-refractivity contribution in [3.05, 3.63) is 87.4 Å². The number of hydrogen-bond donors (Lipinski definition) is 4. The number of benzene rings is 3. The fourth-order valence-corrected chi connectivity index (χ4v) is 4.76. The number of nitrogens with two attached hydrogens (primary N) is 1. The molecule has 1 heterocycles. The van der Waals surface area contributed by atoms with Crippen LogP contribution in [0, 0.1) is 0 Å². The number of rotatable bonds is 11. The molecule has 5 N–H and O–H groups in total. The molecule has 2 amide bonds. The van der Waals surface area contributed by atoms with E-state index in [2.05, 4.69) is 39.6 Å². The molecule has 1 atom stereocenters. The van der Waals surface area contributed by atoms with E-state index in [9.17, 15) is 9.59 Å². The van der Waals surface area contributed by atoms with Crippen molar-refractivity contribution in [2.45, 2.75) is 32.7 Å². The molecule has 204 valence electrons. The lowest BCUT2D eigenvalue weighted by atomic mass is 9.94. The molecule has 0 radical (unpaired) electrons. The van der Waals surface area contributed by atoms with Gasteiger partial charge in [0.05, 0.1) is 21.5 Å². The van der Waals surface area contributed by atoms with Gasteiger partial charge in [-0.05, 0) is 79.6 Å². The summed E-state index contributed by atoms with van der Waals surface area (Å²) in [6.45, 7) is 7.20. The predicted octanol–water partition coefficient (Wildman–Crippen LogP) is 6.03. The second-order valence-corrected chi connectivity index (χ2v) is 10.1. The molecular formula is C29H32Cl2N6O2. The van der Waals surface area contributed by atoms with Gasteiger partial charge < -0.3 is 16.4 Å². The number of carbonyl (C=O) groups is 2. The fourth-order valence-electron chi connectivity index (χ4n) is 4.46. The van der Waals surface area contributed by atoms with E-state index < -0.39 is 5.92 Å². The van der Waals surface area contributed by atoms with E-state index in [4.69, 9.17) is 28.9 Å². The number of nitrogens with one attached hydrogen (secondary N) is 3. The second-order valence-electron chi connectivity index (χ2n) is 9.24. The summed E-state index contributed by atoms with van der Waals surface area (Å²) in [5.74, 6) is -0.616. The largest absolute Gasteiger partial charge is 0.330 e. The molecule has 1 aromatic heterocycles. The van der Waals surface area contributed by atoms with Crippen LogP contribution in [0.3, 0.4) is 0 Å². The van der Waals surface area contributed by atoms with Gasteiger partial charge in [-0.1, -0.05) is 55.2 Å². The van der Waals surface area contributed by atoms with Crippen LogP contribution in [-0.4, -0.2) is 46.5 Å². The van der Waals surface area contributed by atoms with Crippen LogP contribution in [0.2, 0.25) is 10.0 Å². The molecule has 0 fully saturated rings. The highest BCUT2D eigenvalue weighted by Gasteiger charge is 2.22. The number of aromatic nitrogens is 2. The number of anilines is 2. The topological polar surface area (TPSA) is 116 Å². The van der Waals surface area contributed by atoms with E-state index in [0.29, 0.717) is 45.5 Å². The third-order valence-corrected chi connectivity index (χ3v) is 7.41. The van der Waals surface area contributed by atoms with Gasteiger partial charge in [-0.3, -0.25) is 19.6 Å². The minimum absolute atomic E-state index is 0.225. The molecule has 10 heteroatoms. The molecule has 4 aromatic rings. The Labute approximate surface area is 237 Å². The van der Waals surface area contributed by atoms with E-state index in [1.165, 1.54) is 0 Å². The highest BCUT2D eigenvalue weighted by molar-refractivity contribution is 6.42. The van der Waals surface area contributed by atoms with Crippen molar-refractivity contribution in [2.75, 3.05) is 30.3 Å². The van der Waals surface area contributed by atoms with Crippen molar-refractivity contribution in [1.82, 2.24) is 15.1 Å². The molecule has 0 saturated heterocycles. The van der Waals surface area contributed by atoms with Crippen molar-refractivity contribution in [3.8, 4) is 0 Å². The molecule has 0 aliphatic rings. The maximum absolute atomic E-state index is 13.2. The third-order valence-electron chi connectivity index (χ3n) is 6.67. The van der Waals surface area contributed by atoms with Crippen molar-refractivity contribution >= 4 is 57.4 Å². The molecule has 3 aromatic carbocycles. The molecule has 0 bridgehead atoms. The van der Waals surface area contributed by atoms with Gasteiger partial charge >= 0.3 is 0 Å². The lowest BCUT2D eigenvalue weighted by molar-refractivity contribution is -0.117. The Hall–Kier alpha value is -3.43. The zero-order valence-corrected chi connectivity index (χ0v) is 23.4. The van der Waals surface area contributed by atoms with Crippen LogP contribution in [0.25, 0.3) is 10.9 Å². The van der Waals surface area contributed by atoms with Crippen LogP contribution < -0.4 is 16.4 Å². The number of nitrogens with zero attached hydrogens (tertiary/aromatic N) is 2. The first-order valence-electron chi connectivity index (χ1n) is 12.9. The summed E-state index contributed by atoms with van der Waals surface area (Å²) in [7, 11) is 0. The molecule has 0 aliphatic carbocycles. The van der Waals surface area contributed by atoms with Crippen molar-refractivity contribution in [2.24, 2.45) is 5.73 Å². The van der Waals surface area contributed by atoms with Gasteiger partial charge in [0, 0.05) is 23.2 Å². The third kappa shape index (κ3) is 6.96. The summed E-state index contributed by atoms with van der Waals surface area (Å²) >= 11 is 12.2. The predicted molar refractivity (Wildman–Crippen MR) is 159 cm³/mol. The lowest BCUT2D eigenvalue weighted by Crippen LogP contribution is -2.23. The quantitative estimate of drug-likeness (QED) is 0.177. The molecule has 8 nitrogen and oxygen atoms in total. The van der Waals surface area contributed by atoms with Gasteiger partial charge in [-0.15, -0.1) is 0 Å². The fraction of sp³-hybridized carbons (Fsp3) is 0.276. The molecular weight excluding hydrogens is 535 g/mol. The van der Waals surface area contributed by atoms with E-state index >= 15 is 0 Å². The van der Waals surface area contributed by atoms with Crippen molar-refractivity contribution in [3.63, 3.8) is 0 Å². The minimum Gasteiger partial charge on any atom is -0.330 e. The zero-order chi connectivity index (χ0) is 27.9. The van der Waals surface area contributed by atoms with Gasteiger partial charge in [0.1, 0.15) is 0 Å². The van der Waals surface area contributed by atoms with Crippen LogP contribution >= 0.6 is 23.2 Å². The molecule has 39 heavy (non-hydrogen) atoms. The normalized spacial score (nSPS) is 12.1. The number of aromatic amines is 1. The van der Waals surface area contributed by atoms with Crippen molar-refractivity contribution < 1.29 is 9.59 Å². The first-order chi connectivity index (χ1) is 18.8. The van der Waals surface area contributed by atoms with Crippen LogP contribution in [0.1, 0.15) is 47.7 Å². The molecule has 0 aliphatic heterocycles.